The van der Waals surface area contributed by atoms with Crippen molar-refractivity contribution in [2.45, 2.75) is 0 Å². The van der Waals surface area contributed by atoms with E-state index in [4.69, 9.17) is 5.73 Å². The van der Waals surface area contributed by atoms with Gasteiger partial charge in [0.15, 0.2) is 0 Å². The summed E-state index contributed by atoms with van der Waals surface area (Å²) in [6.45, 7) is 0. The number of amides is 1. The van der Waals surface area contributed by atoms with Crippen molar-refractivity contribution in [3.8, 4) is 11.8 Å². The summed E-state index contributed by atoms with van der Waals surface area (Å²) in [5, 5.41) is 10.3. The summed E-state index contributed by atoms with van der Waals surface area (Å²) in [7, 11) is 0. The smallest absolute Gasteiger partial charge is 0.293 e. The van der Waals surface area contributed by atoms with Gasteiger partial charge >= 0.3 is 0 Å². The molecular formula is C9H5FN2O3. The number of nitrogens with two attached hydrogens (primary N) is 1. The molecule has 0 aliphatic rings. The van der Waals surface area contributed by atoms with Crippen molar-refractivity contribution in [2.75, 3.05) is 0 Å². The average molecular weight is 208 g/mol. The Labute approximate surface area is 83.8 Å². The third-order valence-electron chi connectivity index (χ3n) is 1.42. The van der Waals surface area contributed by atoms with Crippen LogP contribution in [0.2, 0.25) is 0 Å². The van der Waals surface area contributed by atoms with Gasteiger partial charge in [0.05, 0.1) is 11.0 Å². The molecule has 0 unspecified atom stereocenters. The molecular weight excluding hydrogens is 203 g/mol. The third kappa shape index (κ3) is 3.08. The minimum atomic E-state index is -0.887. The van der Waals surface area contributed by atoms with E-state index in [9.17, 15) is 19.3 Å². The van der Waals surface area contributed by atoms with Crippen LogP contribution in [0, 0.1) is 27.8 Å². The van der Waals surface area contributed by atoms with Crippen LogP contribution in [-0.2, 0) is 4.79 Å². The second-order valence-corrected chi connectivity index (χ2v) is 2.57. The van der Waals surface area contributed by atoms with E-state index in [1.54, 1.807) is 0 Å². The number of rotatable bonds is 1. The fraction of sp³-hybridized carbons (Fsp3) is 0. The predicted molar refractivity (Wildman–Crippen MR) is 49.1 cm³/mol. The molecule has 0 bridgehead atoms. The van der Waals surface area contributed by atoms with Gasteiger partial charge in [-0.3, -0.25) is 14.9 Å². The van der Waals surface area contributed by atoms with Gasteiger partial charge < -0.3 is 5.73 Å². The van der Waals surface area contributed by atoms with E-state index in [0.29, 0.717) is 0 Å². The zero-order valence-electron chi connectivity index (χ0n) is 7.36. The average Bonchev–Trinajstić information content (AvgIpc) is 2.13. The zero-order valence-corrected chi connectivity index (χ0v) is 7.36. The van der Waals surface area contributed by atoms with E-state index >= 15 is 0 Å². The van der Waals surface area contributed by atoms with E-state index in [2.05, 4.69) is 5.92 Å². The number of hydrogen-bond acceptors (Lipinski definition) is 3. The van der Waals surface area contributed by atoms with E-state index in [1.807, 2.05) is 5.92 Å². The predicted octanol–water partition coefficient (Wildman–Crippen LogP) is 0.571. The first-order valence-electron chi connectivity index (χ1n) is 3.75. The fourth-order valence-corrected chi connectivity index (χ4v) is 0.885. The lowest BCUT2D eigenvalue weighted by Crippen LogP contribution is -2.06. The lowest BCUT2D eigenvalue weighted by Gasteiger charge is -1.93. The Hall–Kier alpha value is -2.42. The van der Waals surface area contributed by atoms with E-state index in [0.717, 1.165) is 18.2 Å². The molecule has 0 aliphatic carbocycles. The number of nitro groups is 1. The van der Waals surface area contributed by atoms with Crippen LogP contribution in [0.4, 0.5) is 10.1 Å². The second kappa shape index (κ2) is 4.19. The van der Waals surface area contributed by atoms with Gasteiger partial charge in [0, 0.05) is 11.6 Å². The Morgan fingerprint density at radius 1 is 1.47 bits per heavy atom. The minimum absolute atomic E-state index is 0.0282. The maximum Gasteiger partial charge on any atom is 0.293 e. The fourth-order valence-electron chi connectivity index (χ4n) is 0.885. The highest BCUT2D eigenvalue weighted by atomic mass is 19.1. The van der Waals surface area contributed by atoms with Crippen LogP contribution >= 0.6 is 0 Å². The Kier molecular flexibility index (Phi) is 2.98. The molecule has 0 spiro atoms. The van der Waals surface area contributed by atoms with Crippen LogP contribution in [0.25, 0.3) is 0 Å². The molecule has 0 aliphatic heterocycles. The van der Waals surface area contributed by atoms with Crippen LogP contribution in [0.3, 0.4) is 0 Å². The van der Waals surface area contributed by atoms with Crippen LogP contribution in [0.15, 0.2) is 18.2 Å². The first kappa shape index (κ1) is 10.7. The number of carbonyl (C=O) groups is 1. The Balaban J connectivity index is 3.17. The quantitative estimate of drug-likeness (QED) is 0.415. The first-order chi connectivity index (χ1) is 6.99. The third-order valence-corrected chi connectivity index (χ3v) is 1.42. The van der Waals surface area contributed by atoms with Gasteiger partial charge in [-0.05, 0) is 12.0 Å². The van der Waals surface area contributed by atoms with Gasteiger partial charge in [0.25, 0.3) is 11.6 Å². The van der Waals surface area contributed by atoms with Crippen molar-refractivity contribution < 1.29 is 14.1 Å². The van der Waals surface area contributed by atoms with Gasteiger partial charge in [0.1, 0.15) is 5.82 Å². The van der Waals surface area contributed by atoms with Crippen molar-refractivity contribution in [3.63, 3.8) is 0 Å². The molecule has 2 N–H and O–H groups in total. The van der Waals surface area contributed by atoms with Crippen LogP contribution in [-0.4, -0.2) is 10.8 Å². The summed E-state index contributed by atoms with van der Waals surface area (Å²) in [5.41, 5.74) is 4.34. The van der Waals surface area contributed by atoms with Crippen molar-refractivity contribution in [2.24, 2.45) is 5.73 Å². The topological polar surface area (TPSA) is 86.2 Å². The number of non-ortho nitro benzene ring substituents is 1. The molecule has 0 fully saturated rings. The SMILES string of the molecule is NC(=O)C#Cc1cc(F)cc([N+](=O)[O-])c1. The molecule has 1 aromatic carbocycles. The molecule has 6 heteroatoms. The maximum atomic E-state index is 12.8. The van der Waals surface area contributed by atoms with E-state index in [-0.39, 0.29) is 5.56 Å². The standard InChI is InChI=1S/C9H5FN2O3/c10-7-3-6(1-2-9(11)13)4-8(5-7)12(14)15/h3-5H,(H2,11,13). The van der Waals surface area contributed by atoms with Gasteiger partial charge in [-0.2, -0.15) is 0 Å². The number of halogens is 1. The molecule has 0 atom stereocenters. The molecule has 1 amide bonds. The summed E-state index contributed by atoms with van der Waals surface area (Å²) in [5.74, 6) is 2.49. The Bertz CT molecular complexity index is 488. The molecule has 0 heterocycles. The van der Waals surface area contributed by atoms with E-state index < -0.39 is 22.3 Å². The summed E-state index contributed by atoms with van der Waals surface area (Å²) in [6, 6.07) is 2.79. The maximum absolute atomic E-state index is 12.8. The highest BCUT2D eigenvalue weighted by Crippen LogP contribution is 2.15. The molecule has 15 heavy (non-hydrogen) atoms. The monoisotopic (exact) mass is 208 g/mol. The van der Waals surface area contributed by atoms with Gasteiger partial charge in [0.2, 0.25) is 0 Å². The Morgan fingerprint density at radius 2 is 2.13 bits per heavy atom. The molecule has 5 nitrogen and oxygen atoms in total. The molecule has 0 aromatic heterocycles. The number of carbonyl (C=O) groups excluding carboxylic acids is 1. The van der Waals surface area contributed by atoms with Crippen molar-refractivity contribution >= 4 is 11.6 Å². The van der Waals surface area contributed by atoms with Gasteiger partial charge in [-0.15, -0.1) is 0 Å². The number of nitrogens with zero attached hydrogens (tertiary/aromatic N) is 1. The summed E-state index contributed by atoms with van der Waals surface area (Å²) in [4.78, 5) is 19.9. The van der Waals surface area contributed by atoms with E-state index in [1.165, 1.54) is 0 Å². The highest BCUT2D eigenvalue weighted by Gasteiger charge is 2.08. The minimum Gasteiger partial charge on any atom is -0.359 e. The molecule has 76 valence electrons. The summed E-state index contributed by atoms with van der Waals surface area (Å²) < 4.78 is 12.8. The normalized spacial score (nSPS) is 8.87. The molecule has 0 radical (unpaired) electrons. The molecule has 1 rings (SSSR count). The summed E-state index contributed by atoms with van der Waals surface area (Å²) >= 11 is 0. The van der Waals surface area contributed by atoms with Crippen molar-refractivity contribution in [3.05, 3.63) is 39.7 Å². The molecule has 0 saturated heterocycles. The first-order valence-corrected chi connectivity index (χ1v) is 3.75. The number of nitro benzene ring substituents is 1. The molecule has 0 saturated carbocycles. The second-order valence-electron chi connectivity index (χ2n) is 2.57. The van der Waals surface area contributed by atoms with Crippen molar-refractivity contribution in [1.29, 1.82) is 0 Å². The number of hydrogen-bond donors (Lipinski definition) is 1. The highest BCUT2D eigenvalue weighted by molar-refractivity contribution is 5.92. The number of benzene rings is 1. The van der Waals surface area contributed by atoms with Gasteiger partial charge in [-0.25, -0.2) is 4.39 Å². The molecule has 1 aromatic rings. The lowest BCUT2D eigenvalue weighted by molar-refractivity contribution is -0.385. The zero-order chi connectivity index (χ0) is 11.4. The summed E-state index contributed by atoms with van der Waals surface area (Å²) in [6.07, 6.45) is 0. The largest absolute Gasteiger partial charge is 0.359 e. The number of primary amides is 1. The Morgan fingerprint density at radius 3 is 2.67 bits per heavy atom. The van der Waals surface area contributed by atoms with Crippen LogP contribution in [0.1, 0.15) is 5.56 Å². The lowest BCUT2D eigenvalue weighted by atomic mass is 10.2. The van der Waals surface area contributed by atoms with Crippen LogP contribution in [0.5, 0.6) is 0 Å². The van der Waals surface area contributed by atoms with Gasteiger partial charge in [-0.1, -0.05) is 5.92 Å². The van der Waals surface area contributed by atoms with Crippen LogP contribution < -0.4 is 5.73 Å². The van der Waals surface area contributed by atoms with Crippen molar-refractivity contribution in [1.82, 2.24) is 0 Å².